The fourth-order valence-electron chi connectivity index (χ4n) is 3.86. The fraction of sp³-hybridized carbons (Fsp3) is 0.185. The number of rotatable bonds is 10. The summed E-state index contributed by atoms with van der Waals surface area (Å²) >= 11 is 7.42. The molecule has 4 aromatic rings. The van der Waals surface area contributed by atoms with Crippen LogP contribution in [0.25, 0.3) is 22.5 Å². The van der Waals surface area contributed by atoms with Crippen molar-refractivity contribution in [3.63, 3.8) is 0 Å². The Bertz CT molecular complexity index is 1360. The van der Waals surface area contributed by atoms with Crippen LogP contribution >= 0.6 is 23.4 Å². The molecule has 0 aliphatic heterocycles. The van der Waals surface area contributed by atoms with Crippen LogP contribution < -0.4 is 5.32 Å². The summed E-state index contributed by atoms with van der Waals surface area (Å²) in [5, 5.41) is 14.8. The molecule has 0 aliphatic rings. The zero-order valence-electron chi connectivity index (χ0n) is 19.7. The number of nitrogens with zero attached hydrogens (tertiary/aromatic N) is 3. The van der Waals surface area contributed by atoms with E-state index in [0.29, 0.717) is 12.3 Å². The quantitative estimate of drug-likeness (QED) is 0.109. The van der Waals surface area contributed by atoms with Crippen LogP contribution in [0.2, 0.25) is 5.02 Å². The van der Waals surface area contributed by atoms with Gasteiger partial charge >= 0.3 is 0 Å². The Balaban J connectivity index is 1.53. The first-order chi connectivity index (χ1) is 17.5. The number of thioether (sulfide) groups is 1. The Morgan fingerprint density at radius 1 is 1.06 bits per heavy atom. The van der Waals surface area contributed by atoms with Gasteiger partial charge in [0.05, 0.1) is 16.3 Å². The monoisotopic (exact) mass is 520 g/mol. The predicted octanol–water partition coefficient (Wildman–Crippen LogP) is 6.71. The number of imidazole rings is 1. The number of hydrogen-bond acceptors (Lipinski definition) is 5. The third-order valence-corrected chi connectivity index (χ3v) is 6.80. The molecule has 0 saturated carbocycles. The van der Waals surface area contributed by atoms with Gasteiger partial charge in [0, 0.05) is 41.6 Å². The number of hydrogen-bond donors (Lipinski definition) is 1. The molecule has 0 saturated heterocycles. The molecule has 0 spiro atoms. The van der Waals surface area contributed by atoms with E-state index < -0.39 is 4.92 Å². The number of carbonyl (C=O) groups excluding carboxylic acids is 1. The summed E-state index contributed by atoms with van der Waals surface area (Å²) in [6, 6.07) is 24.4. The highest BCUT2D eigenvalue weighted by Gasteiger charge is 2.20. The van der Waals surface area contributed by atoms with Crippen molar-refractivity contribution in [3.8, 4) is 22.5 Å². The van der Waals surface area contributed by atoms with Crippen LogP contribution in [-0.2, 0) is 6.54 Å². The van der Waals surface area contributed by atoms with Gasteiger partial charge in [0.1, 0.15) is 5.02 Å². The molecule has 0 aliphatic carbocycles. The molecule has 0 atom stereocenters. The lowest BCUT2D eigenvalue weighted by atomic mass is 10.0. The van der Waals surface area contributed by atoms with Crippen molar-refractivity contribution in [2.75, 3.05) is 12.3 Å². The zero-order chi connectivity index (χ0) is 25.5. The Morgan fingerprint density at radius 3 is 2.36 bits per heavy atom. The first-order valence-corrected chi connectivity index (χ1v) is 12.9. The van der Waals surface area contributed by atoms with Gasteiger partial charge in [-0.2, -0.15) is 0 Å². The maximum Gasteiger partial charge on any atom is 0.288 e. The van der Waals surface area contributed by atoms with Gasteiger partial charge in [0.25, 0.3) is 11.6 Å². The Hall–Kier alpha value is -3.62. The highest BCUT2D eigenvalue weighted by Crippen LogP contribution is 2.36. The minimum atomic E-state index is -0.600. The molecule has 1 amide bonds. The number of halogens is 1. The Labute approximate surface area is 218 Å². The zero-order valence-corrected chi connectivity index (χ0v) is 21.3. The summed E-state index contributed by atoms with van der Waals surface area (Å²) in [7, 11) is 0. The number of amides is 1. The molecule has 1 aromatic heterocycles. The first kappa shape index (κ1) is 25.5. The topological polar surface area (TPSA) is 90.1 Å². The highest BCUT2D eigenvalue weighted by molar-refractivity contribution is 7.99. The largest absolute Gasteiger partial charge is 0.351 e. The molecule has 7 nitrogen and oxygen atoms in total. The lowest BCUT2D eigenvalue weighted by Gasteiger charge is -2.12. The van der Waals surface area contributed by atoms with Crippen molar-refractivity contribution in [3.05, 3.63) is 99.6 Å². The molecule has 9 heteroatoms. The van der Waals surface area contributed by atoms with Crippen LogP contribution in [0, 0.1) is 10.1 Å². The number of aromatic nitrogens is 2. The molecule has 36 heavy (non-hydrogen) atoms. The Morgan fingerprint density at radius 2 is 1.72 bits per heavy atom. The van der Waals surface area contributed by atoms with Crippen LogP contribution in [-0.4, -0.2) is 32.7 Å². The van der Waals surface area contributed by atoms with Crippen molar-refractivity contribution < 1.29 is 9.72 Å². The van der Waals surface area contributed by atoms with E-state index >= 15 is 0 Å². The van der Waals surface area contributed by atoms with Crippen LogP contribution in [0.4, 0.5) is 5.69 Å². The minimum absolute atomic E-state index is 0.00157. The molecule has 1 N–H and O–H groups in total. The van der Waals surface area contributed by atoms with E-state index in [1.165, 1.54) is 18.2 Å². The third-order valence-electron chi connectivity index (χ3n) is 5.50. The van der Waals surface area contributed by atoms with Crippen molar-refractivity contribution in [1.82, 2.24) is 14.9 Å². The lowest BCUT2D eigenvalue weighted by molar-refractivity contribution is -0.384. The number of nitrogens with one attached hydrogen (secondary N) is 1. The van der Waals surface area contributed by atoms with Crippen molar-refractivity contribution in [2.24, 2.45) is 0 Å². The smallest absolute Gasteiger partial charge is 0.288 e. The molecule has 184 valence electrons. The maximum atomic E-state index is 12.5. The summed E-state index contributed by atoms with van der Waals surface area (Å²) in [6.07, 6.45) is 0.948. The minimum Gasteiger partial charge on any atom is -0.351 e. The van der Waals surface area contributed by atoms with Gasteiger partial charge in [-0.05, 0) is 18.6 Å². The van der Waals surface area contributed by atoms with E-state index in [-0.39, 0.29) is 22.2 Å². The average Bonchev–Trinajstić information content (AvgIpc) is 3.26. The lowest BCUT2D eigenvalue weighted by Crippen LogP contribution is -2.25. The summed E-state index contributed by atoms with van der Waals surface area (Å²) in [6.45, 7) is 3.32. The summed E-state index contributed by atoms with van der Waals surface area (Å²) in [5.74, 6) is 0.201. The van der Waals surface area contributed by atoms with Crippen LogP contribution in [0.3, 0.4) is 0 Å². The second kappa shape index (κ2) is 11.9. The van der Waals surface area contributed by atoms with Crippen molar-refractivity contribution in [2.45, 2.75) is 25.0 Å². The van der Waals surface area contributed by atoms with E-state index in [2.05, 4.69) is 41.1 Å². The normalized spacial score (nSPS) is 10.8. The average molecular weight is 521 g/mol. The van der Waals surface area contributed by atoms with Gasteiger partial charge in [-0.15, -0.1) is 0 Å². The summed E-state index contributed by atoms with van der Waals surface area (Å²) < 4.78 is 2.24. The van der Waals surface area contributed by atoms with E-state index in [0.717, 1.165) is 40.6 Å². The molecule has 1 heterocycles. The van der Waals surface area contributed by atoms with Crippen LogP contribution in [0.1, 0.15) is 23.7 Å². The van der Waals surface area contributed by atoms with Crippen LogP contribution in [0.15, 0.2) is 84.0 Å². The van der Waals surface area contributed by atoms with Crippen LogP contribution in [0.5, 0.6) is 0 Å². The van der Waals surface area contributed by atoms with Gasteiger partial charge in [-0.25, -0.2) is 4.98 Å². The number of benzene rings is 3. The summed E-state index contributed by atoms with van der Waals surface area (Å²) in [5.41, 5.74) is 4.05. The van der Waals surface area contributed by atoms with Gasteiger partial charge in [-0.3, -0.25) is 14.9 Å². The predicted molar refractivity (Wildman–Crippen MR) is 145 cm³/mol. The summed E-state index contributed by atoms with van der Waals surface area (Å²) in [4.78, 5) is 28.1. The molecule has 0 unspecified atom stereocenters. The Kier molecular flexibility index (Phi) is 8.40. The molecular weight excluding hydrogens is 496 g/mol. The molecule has 4 rings (SSSR count). The van der Waals surface area contributed by atoms with E-state index in [1.54, 1.807) is 11.8 Å². The number of nitro groups is 1. The molecule has 0 fully saturated rings. The maximum absolute atomic E-state index is 12.5. The van der Waals surface area contributed by atoms with E-state index in [1.807, 2.05) is 36.4 Å². The standard InChI is InChI=1S/C27H25ClN4O3S/c1-2-16-31-25(20-11-7-4-8-12-20)24(19-9-5-3-6-10-19)30-27(31)36-17-15-29-26(33)21-13-14-22(28)23(18-21)32(34)35/h3-14,18H,2,15-17H2,1H3,(H,29,33). The van der Waals surface area contributed by atoms with Gasteiger partial charge in [-0.1, -0.05) is 91.0 Å². The van der Waals surface area contributed by atoms with E-state index in [9.17, 15) is 14.9 Å². The molecule has 3 aromatic carbocycles. The first-order valence-electron chi connectivity index (χ1n) is 11.6. The number of nitro benzene ring substituents is 1. The SMILES string of the molecule is CCCn1c(SCCNC(=O)c2ccc(Cl)c([N+](=O)[O-])c2)nc(-c2ccccc2)c1-c1ccccc1. The van der Waals surface area contributed by atoms with Gasteiger partial charge in [0.15, 0.2) is 5.16 Å². The fourth-order valence-corrected chi connectivity index (χ4v) is 4.93. The molecule has 0 radical (unpaired) electrons. The second-order valence-electron chi connectivity index (χ2n) is 8.00. The highest BCUT2D eigenvalue weighted by atomic mass is 35.5. The van der Waals surface area contributed by atoms with Gasteiger partial charge < -0.3 is 9.88 Å². The second-order valence-corrected chi connectivity index (χ2v) is 9.47. The van der Waals surface area contributed by atoms with Crippen molar-refractivity contribution >= 4 is 35.0 Å². The molecular formula is C27H25ClN4O3S. The molecule has 0 bridgehead atoms. The number of carbonyl (C=O) groups is 1. The third kappa shape index (κ3) is 5.78. The van der Waals surface area contributed by atoms with Gasteiger partial charge in [0.2, 0.25) is 0 Å². The van der Waals surface area contributed by atoms with Crippen molar-refractivity contribution in [1.29, 1.82) is 0 Å². The van der Waals surface area contributed by atoms with E-state index in [4.69, 9.17) is 16.6 Å².